The van der Waals surface area contributed by atoms with Crippen LogP contribution < -0.4 is 0 Å². The Balaban J connectivity index is 0.000000108. The lowest BCUT2D eigenvalue weighted by Crippen LogP contribution is -2.00. The van der Waals surface area contributed by atoms with Crippen molar-refractivity contribution in [3.8, 4) is 237 Å². The smallest absolute Gasteiger partial charge is 0.164 e. The Morgan fingerprint density at radius 3 is 0.669 bits per heavy atom. The van der Waals surface area contributed by atoms with Crippen LogP contribution in [0.4, 0.5) is 0 Å². The van der Waals surface area contributed by atoms with E-state index in [1.54, 1.807) is 0 Å². The molecule has 28 rings (SSSR count). The molecular weight excluding hydrogens is 1700 g/mol. The van der Waals surface area contributed by atoms with Crippen LogP contribution in [0.2, 0.25) is 0 Å². The van der Waals surface area contributed by atoms with E-state index in [1.807, 2.05) is 182 Å². The summed E-state index contributed by atoms with van der Waals surface area (Å²) in [7, 11) is 0. The highest BCUT2D eigenvalue weighted by Gasteiger charge is 2.33. The highest BCUT2D eigenvalue weighted by atomic mass is 16.3. The molecule has 139 heavy (non-hydrogen) atoms. The third kappa shape index (κ3) is 14.4. The first kappa shape index (κ1) is 80.9. The summed E-state index contributed by atoms with van der Waals surface area (Å²) in [5, 5.41) is 5.53. The van der Waals surface area contributed by atoms with Crippen molar-refractivity contribution in [2.24, 2.45) is 0 Å². The number of nitrogens with zero attached hydrogens (tertiary/aromatic N) is 9. The van der Waals surface area contributed by atoms with Crippen molar-refractivity contribution >= 4 is 43.7 Å². The van der Waals surface area contributed by atoms with Crippen LogP contribution in [-0.4, -0.2) is 44.9 Å². The molecule has 0 saturated carbocycles. The first-order chi connectivity index (χ1) is 68.9. The molecule has 648 valence electrons. The van der Waals surface area contributed by atoms with Crippen molar-refractivity contribution in [2.45, 2.75) is 0 Å². The molecule has 0 N–H and O–H groups in total. The number of hydrogen-bond donors (Lipinski definition) is 0. The predicted octanol–water partition coefficient (Wildman–Crippen LogP) is 33.0. The maximum Gasteiger partial charge on any atom is 0.164 e. The van der Waals surface area contributed by atoms with Gasteiger partial charge in [0, 0.05) is 99.6 Å². The van der Waals surface area contributed by atoms with E-state index in [9.17, 15) is 0 Å². The van der Waals surface area contributed by atoms with Crippen LogP contribution in [0.3, 0.4) is 0 Å². The highest BCUT2D eigenvalue weighted by Crippen LogP contribution is 2.57. The predicted molar refractivity (Wildman–Crippen MR) is 561 cm³/mol. The van der Waals surface area contributed by atoms with Gasteiger partial charge in [-0.2, -0.15) is 0 Å². The zero-order chi connectivity index (χ0) is 91.8. The molecule has 0 aliphatic heterocycles. The molecule has 12 nitrogen and oxygen atoms in total. The molecule has 3 aliphatic rings. The van der Waals surface area contributed by atoms with Gasteiger partial charge in [0.05, 0.1) is 0 Å². The summed E-state index contributed by atoms with van der Waals surface area (Å²) in [6.07, 6.45) is 0. The zero-order valence-electron chi connectivity index (χ0n) is 74.7. The van der Waals surface area contributed by atoms with Crippen molar-refractivity contribution in [2.75, 3.05) is 0 Å². The van der Waals surface area contributed by atoms with E-state index in [1.165, 1.54) is 77.9 Å². The Labute approximate surface area is 800 Å². The molecule has 0 fully saturated rings. The number of hydrogen-bond acceptors (Lipinski definition) is 12. The molecule has 0 spiro atoms. The summed E-state index contributed by atoms with van der Waals surface area (Å²) in [5.41, 5.74) is 35.3. The van der Waals surface area contributed by atoms with Gasteiger partial charge in [0.1, 0.15) is 34.0 Å². The molecule has 0 amide bonds. The fraction of sp³-hybridized carbons (Fsp3) is 0. The maximum absolute atomic E-state index is 6.89. The van der Waals surface area contributed by atoms with Gasteiger partial charge in [-0.05, 0) is 131 Å². The minimum Gasteiger partial charge on any atom is -0.455 e. The zero-order valence-corrected chi connectivity index (χ0v) is 74.7. The van der Waals surface area contributed by atoms with Crippen molar-refractivity contribution in [3.05, 3.63) is 467 Å². The molecule has 0 bridgehead atoms. The van der Waals surface area contributed by atoms with Crippen LogP contribution in [0, 0.1) is 0 Å². The van der Waals surface area contributed by atoms with Crippen LogP contribution in [0.5, 0.6) is 0 Å². The standard InChI is InChI=1S/C45H27N3O.2C41H25N3O/c1-3-14-28(15-4-1)43-46-44(29-16-5-2-6-17-29)48-45(47-43)38-27-26-37(33-21-9-10-22-34(33)38)42-41-36-23-12-11-20-32(36)30-18-7-8-19-31(30)35-24-13-25-39(49-42)40(35)41;1-3-13-26(14-4-1)39-42-40(27-15-5-2-6-16-27)44-41(43-39)29-18-11-17-28(25-29)38-37-34-22-10-9-21-32(34)30-19-7-8-20-31(30)33-23-12-24-35(45-38)36(33)37;1-3-12-27(13-4-1)39-42-40(28-14-5-2-6-15-28)44-41(43-39)29-24-22-26(23-25-29)38-37-34-19-10-9-18-32(34)30-16-7-8-17-31(30)33-20-11-21-35(45-38)36(33)37/h1-27H;2*1-25H. The van der Waals surface area contributed by atoms with E-state index >= 15 is 0 Å². The first-order valence-electron chi connectivity index (χ1n) is 46.5. The van der Waals surface area contributed by atoms with E-state index in [2.05, 4.69) is 285 Å². The minimum atomic E-state index is 0.611. The van der Waals surface area contributed by atoms with Gasteiger partial charge in [0.15, 0.2) is 52.4 Å². The number of benzene rings is 19. The van der Waals surface area contributed by atoms with Crippen LogP contribution in [0.25, 0.3) is 280 Å². The summed E-state index contributed by atoms with van der Waals surface area (Å²) in [6.45, 7) is 0. The van der Waals surface area contributed by atoms with Crippen molar-refractivity contribution in [1.82, 2.24) is 44.9 Å². The van der Waals surface area contributed by atoms with Gasteiger partial charge in [0.25, 0.3) is 0 Å². The number of aromatic nitrogens is 9. The van der Waals surface area contributed by atoms with Crippen molar-refractivity contribution in [3.63, 3.8) is 0 Å². The van der Waals surface area contributed by atoms with Crippen molar-refractivity contribution < 1.29 is 13.3 Å². The summed E-state index contributed by atoms with van der Waals surface area (Å²) >= 11 is 0. The SMILES string of the molecule is c1ccc(-c2nc(-c3ccccc3)nc(-c3ccc(-c4oc5cccc6c5c4-c4ccccc4-c4ccccc4-6)c4ccccc34)n2)cc1.c1ccc(-c2nc(-c3ccccc3)nc(-c3ccc(-c4oc5cccc6c5c4-c4ccccc4-c4ccccc4-6)cc3)n2)cc1.c1ccc(-c2nc(-c3ccccc3)nc(-c3cccc(-c4oc5cccc6c5c4-c4ccccc4-c4ccccc4-6)c3)n2)cc1. The Hall–Kier alpha value is -18.9. The molecule has 6 heterocycles. The van der Waals surface area contributed by atoms with E-state index in [-0.39, 0.29) is 0 Å². The lowest BCUT2D eigenvalue weighted by Gasteiger charge is -2.14. The lowest BCUT2D eigenvalue weighted by atomic mass is 9.91. The number of fused-ring (bicyclic) bond motifs is 16. The van der Waals surface area contributed by atoms with E-state index in [0.717, 1.165) is 150 Å². The van der Waals surface area contributed by atoms with E-state index in [0.29, 0.717) is 52.4 Å². The van der Waals surface area contributed by atoms with Gasteiger partial charge in [0.2, 0.25) is 0 Å². The third-order valence-electron chi connectivity index (χ3n) is 26.6. The van der Waals surface area contributed by atoms with Gasteiger partial charge in [-0.15, -0.1) is 0 Å². The van der Waals surface area contributed by atoms with Gasteiger partial charge in [-0.1, -0.05) is 431 Å². The lowest BCUT2D eigenvalue weighted by molar-refractivity contribution is 0.632. The molecule has 0 saturated heterocycles. The molecule has 0 atom stereocenters. The molecule has 6 aromatic heterocycles. The topological polar surface area (TPSA) is 155 Å². The summed E-state index contributed by atoms with van der Waals surface area (Å²) in [6, 6.07) is 161. The largest absolute Gasteiger partial charge is 0.455 e. The normalized spacial score (nSPS) is 11.6. The van der Waals surface area contributed by atoms with Crippen molar-refractivity contribution in [1.29, 1.82) is 0 Å². The average Bonchev–Trinajstić information content (AvgIpc) is 1.57. The molecule has 0 unspecified atom stereocenters. The molecule has 0 radical (unpaired) electrons. The number of rotatable bonds is 12. The molecule has 3 aliphatic carbocycles. The van der Waals surface area contributed by atoms with Crippen LogP contribution >= 0.6 is 0 Å². The molecule has 25 aromatic rings. The van der Waals surface area contributed by atoms with Crippen LogP contribution in [-0.2, 0) is 0 Å². The number of furan rings is 3. The Kier molecular flexibility index (Phi) is 20.0. The summed E-state index contributed by atoms with van der Waals surface area (Å²) < 4.78 is 20.3. The first-order valence-corrected chi connectivity index (χ1v) is 46.5. The maximum atomic E-state index is 6.89. The van der Waals surface area contributed by atoms with Crippen LogP contribution in [0.15, 0.2) is 480 Å². The van der Waals surface area contributed by atoms with Gasteiger partial charge in [-0.3, -0.25) is 0 Å². The second-order valence-electron chi connectivity index (χ2n) is 34.7. The molecule has 19 aromatic carbocycles. The third-order valence-corrected chi connectivity index (χ3v) is 26.6. The highest BCUT2D eigenvalue weighted by molar-refractivity contribution is 6.20. The van der Waals surface area contributed by atoms with Gasteiger partial charge in [-0.25, -0.2) is 44.9 Å². The fourth-order valence-corrected chi connectivity index (χ4v) is 20.2. The monoisotopic (exact) mass is 1780 g/mol. The quantitative estimate of drug-likeness (QED) is 0.114. The Bertz CT molecular complexity index is 8950. The fourth-order valence-electron chi connectivity index (χ4n) is 20.2. The van der Waals surface area contributed by atoms with Gasteiger partial charge < -0.3 is 13.3 Å². The second kappa shape index (κ2) is 34.3. The van der Waals surface area contributed by atoms with E-state index < -0.39 is 0 Å². The summed E-state index contributed by atoms with van der Waals surface area (Å²) in [4.78, 5) is 44.5. The second-order valence-corrected chi connectivity index (χ2v) is 34.7. The summed E-state index contributed by atoms with van der Waals surface area (Å²) in [5.74, 6) is 8.24. The minimum absolute atomic E-state index is 0.611. The van der Waals surface area contributed by atoms with E-state index in [4.69, 9.17) is 58.1 Å². The Morgan fingerprint density at radius 1 is 0.122 bits per heavy atom. The molecular formula is C127H77N9O3. The molecule has 12 heteroatoms. The van der Waals surface area contributed by atoms with Gasteiger partial charge >= 0.3 is 0 Å². The Morgan fingerprint density at radius 2 is 0.331 bits per heavy atom. The van der Waals surface area contributed by atoms with Crippen LogP contribution in [0.1, 0.15) is 0 Å². The average molecular weight is 1780 g/mol.